The van der Waals surface area contributed by atoms with E-state index in [9.17, 15) is 24.5 Å². The first-order valence-electron chi connectivity index (χ1n) is 9.42. The Hall–Kier alpha value is -3.75. The predicted octanol–water partition coefficient (Wildman–Crippen LogP) is 2.80. The summed E-state index contributed by atoms with van der Waals surface area (Å²) >= 11 is 0. The van der Waals surface area contributed by atoms with E-state index in [0.29, 0.717) is 24.3 Å². The van der Waals surface area contributed by atoms with Gasteiger partial charge in [-0.2, -0.15) is 0 Å². The van der Waals surface area contributed by atoms with Gasteiger partial charge in [-0.05, 0) is 32.0 Å². The first-order valence-corrected chi connectivity index (χ1v) is 9.42. The molecule has 0 aliphatic carbocycles. The first-order chi connectivity index (χ1) is 14.3. The van der Waals surface area contributed by atoms with Crippen molar-refractivity contribution in [3.8, 4) is 0 Å². The molecule has 2 amide bonds. The summed E-state index contributed by atoms with van der Waals surface area (Å²) in [6.45, 7) is 4.35. The Bertz CT molecular complexity index is 940. The molecule has 0 unspecified atom stereocenters. The van der Waals surface area contributed by atoms with Gasteiger partial charge in [-0.1, -0.05) is 24.3 Å². The number of anilines is 1. The quantitative estimate of drug-likeness (QED) is 0.384. The van der Waals surface area contributed by atoms with Crippen LogP contribution in [0, 0.1) is 10.1 Å². The number of nitro benzene ring substituents is 1. The number of rotatable bonds is 9. The highest BCUT2D eigenvalue weighted by Gasteiger charge is 2.17. The first kappa shape index (κ1) is 22.5. The molecule has 0 heterocycles. The summed E-state index contributed by atoms with van der Waals surface area (Å²) in [5, 5.41) is 13.6. The van der Waals surface area contributed by atoms with Crippen LogP contribution in [-0.4, -0.2) is 47.3 Å². The lowest BCUT2D eigenvalue weighted by Crippen LogP contribution is -2.30. The molecular formula is C21H23N3O6. The second kappa shape index (κ2) is 10.7. The number of para-hydroxylation sites is 1. The fourth-order valence-electron chi connectivity index (χ4n) is 2.81. The van der Waals surface area contributed by atoms with Gasteiger partial charge in [0.1, 0.15) is 0 Å². The molecule has 0 bridgehead atoms. The molecule has 0 atom stereocenters. The van der Waals surface area contributed by atoms with Gasteiger partial charge < -0.3 is 15.0 Å². The molecule has 1 N–H and O–H groups in total. The summed E-state index contributed by atoms with van der Waals surface area (Å²) in [6, 6.07) is 12.3. The number of benzene rings is 2. The van der Waals surface area contributed by atoms with Gasteiger partial charge >= 0.3 is 5.97 Å². The van der Waals surface area contributed by atoms with Gasteiger partial charge in [0, 0.05) is 36.0 Å². The van der Waals surface area contributed by atoms with Crippen LogP contribution in [0.25, 0.3) is 0 Å². The highest BCUT2D eigenvalue weighted by atomic mass is 16.6. The summed E-state index contributed by atoms with van der Waals surface area (Å²) in [5.74, 6) is -1.49. The Kier molecular flexibility index (Phi) is 8.04. The van der Waals surface area contributed by atoms with E-state index in [-0.39, 0.29) is 23.6 Å². The Morgan fingerprint density at radius 2 is 1.77 bits per heavy atom. The smallest absolute Gasteiger partial charge is 0.311 e. The van der Waals surface area contributed by atoms with Crippen LogP contribution in [0.4, 0.5) is 11.4 Å². The van der Waals surface area contributed by atoms with E-state index >= 15 is 0 Å². The lowest BCUT2D eigenvalue weighted by Gasteiger charge is -2.19. The number of amides is 2. The van der Waals surface area contributed by atoms with Crippen molar-refractivity contribution in [1.82, 2.24) is 4.90 Å². The van der Waals surface area contributed by atoms with E-state index in [1.165, 1.54) is 18.2 Å². The highest BCUT2D eigenvalue weighted by Crippen LogP contribution is 2.18. The predicted molar refractivity (Wildman–Crippen MR) is 110 cm³/mol. The molecule has 0 aliphatic rings. The van der Waals surface area contributed by atoms with Crippen LogP contribution >= 0.6 is 0 Å². The molecular weight excluding hydrogens is 390 g/mol. The van der Waals surface area contributed by atoms with Gasteiger partial charge in [0.05, 0.1) is 11.3 Å². The zero-order chi connectivity index (χ0) is 22.1. The third-order valence-corrected chi connectivity index (χ3v) is 4.33. The monoisotopic (exact) mass is 413 g/mol. The number of nitro groups is 1. The van der Waals surface area contributed by atoms with Gasteiger partial charge in [0.15, 0.2) is 6.61 Å². The second-order valence-corrected chi connectivity index (χ2v) is 6.33. The molecule has 2 aromatic rings. The molecule has 0 saturated carbocycles. The number of hydrogen-bond donors (Lipinski definition) is 1. The van der Waals surface area contributed by atoms with E-state index < -0.39 is 23.4 Å². The maximum absolute atomic E-state index is 12.4. The molecule has 2 aromatic carbocycles. The van der Waals surface area contributed by atoms with Crippen LogP contribution in [0.5, 0.6) is 0 Å². The molecule has 9 nitrogen and oxygen atoms in total. The molecule has 0 aromatic heterocycles. The van der Waals surface area contributed by atoms with Crippen LogP contribution in [0.15, 0.2) is 48.5 Å². The SMILES string of the molecule is CCN(CC)C(=O)c1cccc(NC(=O)COC(=O)Cc2ccccc2[N+](=O)[O-])c1. The standard InChI is InChI=1S/C21H23N3O6/c1-3-23(4-2)21(27)16-9-7-10-17(12-16)22-19(25)14-30-20(26)13-15-8-5-6-11-18(15)24(28)29/h5-12H,3-4,13-14H2,1-2H3,(H,22,25). The fraction of sp³-hybridized carbons (Fsp3) is 0.286. The van der Waals surface area contributed by atoms with E-state index in [1.54, 1.807) is 35.2 Å². The van der Waals surface area contributed by atoms with Crippen molar-refractivity contribution in [2.45, 2.75) is 20.3 Å². The number of carbonyl (C=O) groups is 3. The minimum Gasteiger partial charge on any atom is -0.455 e. The second-order valence-electron chi connectivity index (χ2n) is 6.33. The van der Waals surface area contributed by atoms with Crippen LogP contribution < -0.4 is 5.32 Å². The zero-order valence-corrected chi connectivity index (χ0v) is 16.8. The lowest BCUT2D eigenvalue weighted by molar-refractivity contribution is -0.385. The molecule has 30 heavy (non-hydrogen) atoms. The normalized spacial score (nSPS) is 10.2. The Morgan fingerprint density at radius 1 is 1.07 bits per heavy atom. The summed E-state index contributed by atoms with van der Waals surface area (Å²) in [4.78, 5) is 48.5. The average Bonchev–Trinajstić information content (AvgIpc) is 2.73. The van der Waals surface area contributed by atoms with Crippen molar-refractivity contribution in [2.24, 2.45) is 0 Å². The van der Waals surface area contributed by atoms with Gasteiger partial charge in [0.25, 0.3) is 17.5 Å². The zero-order valence-electron chi connectivity index (χ0n) is 16.8. The highest BCUT2D eigenvalue weighted by molar-refractivity contribution is 5.97. The minimum atomic E-state index is -0.759. The van der Waals surface area contributed by atoms with Crippen LogP contribution in [0.2, 0.25) is 0 Å². The van der Waals surface area contributed by atoms with Gasteiger partial charge in [-0.3, -0.25) is 24.5 Å². The van der Waals surface area contributed by atoms with Gasteiger partial charge in [-0.25, -0.2) is 0 Å². The number of ether oxygens (including phenoxy) is 1. The van der Waals surface area contributed by atoms with Crippen molar-refractivity contribution in [2.75, 3.05) is 25.0 Å². The maximum Gasteiger partial charge on any atom is 0.311 e. The van der Waals surface area contributed by atoms with Crippen LogP contribution in [0.1, 0.15) is 29.8 Å². The Labute approximate surface area is 173 Å². The third kappa shape index (κ3) is 6.13. The number of hydrogen-bond acceptors (Lipinski definition) is 6. The number of esters is 1. The maximum atomic E-state index is 12.4. The summed E-state index contributed by atoms with van der Waals surface area (Å²) in [5.41, 5.74) is 0.849. The largest absolute Gasteiger partial charge is 0.455 e. The molecule has 0 saturated heterocycles. The number of nitrogens with one attached hydrogen (secondary N) is 1. The Balaban J connectivity index is 1.92. The molecule has 2 rings (SSSR count). The van der Waals surface area contributed by atoms with E-state index in [4.69, 9.17) is 4.74 Å². The third-order valence-electron chi connectivity index (χ3n) is 4.33. The van der Waals surface area contributed by atoms with Crippen molar-refractivity contribution in [3.63, 3.8) is 0 Å². The summed E-state index contributed by atoms with van der Waals surface area (Å²) in [7, 11) is 0. The molecule has 9 heteroatoms. The molecule has 0 aliphatic heterocycles. The topological polar surface area (TPSA) is 119 Å². The molecule has 0 fully saturated rings. The molecule has 0 spiro atoms. The van der Waals surface area contributed by atoms with Crippen molar-refractivity contribution >= 4 is 29.2 Å². The lowest BCUT2D eigenvalue weighted by atomic mass is 10.1. The van der Waals surface area contributed by atoms with Crippen LogP contribution in [0.3, 0.4) is 0 Å². The molecule has 158 valence electrons. The van der Waals surface area contributed by atoms with E-state index in [0.717, 1.165) is 0 Å². The minimum absolute atomic E-state index is 0.146. The van der Waals surface area contributed by atoms with E-state index in [2.05, 4.69) is 5.32 Å². The average molecular weight is 413 g/mol. The Morgan fingerprint density at radius 3 is 2.43 bits per heavy atom. The van der Waals surface area contributed by atoms with Gasteiger partial charge in [-0.15, -0.1) is 0 Å². The van der Waals surface area contributed by atoms with Crippen molar-refractivity contribution in [1.29, 1.82) is 0 Å². The van der Waals surface area contributed by atoms with Gasteiger partial charge in [0.2, 0.25) is 0 Å². The number of carbonyl (C=O) groups excluding carboxylic acids is 3. The van der Waals surface area contributed by atoms with E-state index in [1.807, 2.05) is 13.8 Å². The number of nitrogens with zero attached hydrogens (tertiary/aromatic N) is 2. The summed E-state index contributed by atoms with van der Waals surface area (Å²) in [6.07, 6.45) is -0.321. The van der Waals surface area contributed by atoms with Crippen molar-refractivity contribution in [3.05, 3.63) is 69.8 Å². The fourth-order valence-corrected chi connectivity index (χ4v) is 2.81. The summed E-state index contributed by atoms with van der Waals surface area (Å²) < 4.78 is 4.92. The van der Waals surface area contributed by atoms with Crippen LogP contribution in [-0.2, 0) is 20.7 Å². The molecule has 0 radical (unpaired) electrons. The van der Waals surface area contributed by atoms with Crippen molar-refractivity contribution < 1.29 is 24.0 Å².